The van der Waals surface area contributed by atoms with E-state index in [1.165, 1.54) is 6.33 Å². The summed E-state index contributed by atoms with van der Waals surface area (Å²) in [5.74, 6) is 6.68. The lowest BCUT2D eigenvalue weighted by molar-refractivity contribution is 0.215. The molecule has 7 nitrogen and oxygen atoms in total. The molecule has 0 aliphatic carbocycles. The van der Waals surface area contributed by atoms with Gasteiger partial charge in [0.25, 0.3) is 0 Å². The maximum Gasteiger partial charge on any atom is 0.194 e. The summed E-state index contributed by atoms with van der Waals surface area (Å²) in [6.45, 7) is 11.3. The molecular weight excluding hydrogens is 322 g/mol. The van der Waals surface area contributed by atoms with Crippen molar-refractivity contribution in [1.29, 1.82) is 0 Å². The Bertz CT molecular complexity index is 783. The Labute approximate surface area is 143 Å². The van der Waals surface area contributed by atoms with Gasteiger partial charge in [0.2, 0.25) is 0 Å². The Morgan fingerprint density at radius 2 is 2.04 bits per heavy atom. The van der Waals surface area contributed by atoms with Gasteiger partial charge in [-0.1, -0.05) is 26.7 Å². The van der Waals surface area contributed by atoms with Crippen molar-refractivity contribution in [1.82, 2.24) is 19.5 Å². The SMILES string of the molecule is CC(C)(C)[Si](C)(C)OCn1c(C#CCCO)nc2c(N)ncnc21. The van der Waals surface area contributed by atoms with Gasteiger partial charge >= 0.3 is 0 Å². The lowest BCUT2D eigenvalue weighted by Crippen LogP contribution is -2.41. The minimum atomic E-state index is -1.93. The molecule has 0 spiro atoms. The smallest absolute Gasteiger partial charge is 0.194 e. The highest BCUT2D eigenvalue weighted by atomic mass is 28.4. The summed E-state index contributed by atoms with van der Waals surface area (Å²) in [5, 5.41) is 9.00. The summed E-state index contributed by atoms with van der Waals surface area (Å²) < 4.78 is 8.09. The first-order valence-electron chi connectivity index (χ1n) is 7.88. The van der Waals surface area contributed by atoms with Crippen LogP contribution in [0.3, 0.4) is 0 Å². The van der Waals surface area contributed by atoms with E-state index in [1.807, 2.05) is 4.57 Å². The van der Waals surface area contributed by atoms with E-state index in [-0.39, 0.29) is 11.6 Å². The number of hydrogen-bond acceptors (Lipinski definition) is 6. The number of fused-ring (bicyclic) bond motifs is 1. The molecular formula is C16H25N5O2Si. The van der Waals surface area contributed by atoms with E-state index < -0.39 is 8.32 Å². The van der Waals surface area contributed by atoms with Crippen molar-refractivity contribution >= 4 is 25.3 Å². The molecule has 0 aromatic carbocycles. The van der Waals surface area contributed by atoms with Crippen LogP contribution in [0.1, 0.15) is 33.0 Å². The van der Waals surface area contributed by atoms with E-state index >= 15 is 0 Å². The van der Waals surface area contributed by atoms with Crippen LogP contribution < -0.4 is 5.73 Å². The number of nitrogens with two attached hydrogens (primary N) is 1. The van der Waals surface area contributed by atoms with Crippen molar-refractivity contribution in [2.24, 2.45) is 0 Å². The Morgan fingerprint density at radius 1 is 1.33 bits per heavy atom. The zero-order chi connectivity index (χ0) is 18.0. The van der Waals surface area contributed by atoms with Gasteiger partial charge in [-0.3, -0.25) is 4.57 Å². The molecule has 2 heterocycles. The molecule has 0 unspecified atom stereocenters. The number of aliphatic hydroxyl groups excluding tert-OH is 1. The molecule has 0 aliphatic heterocycles. The first kappa shape index (κ1) is 18.4. The van der Waals surface area contributed by atoms with Gasteiger partial charge in [0.15, 0.2) is 31.1 Å². The molecule has 2 rings (SSSR count). The number of hydrogen-bond donors (Lipinski definition) is 2. The van der Waals surface area contributed by atoms with Crippen LogP contribution in [-0.4, -0.2) is 39.5 Å². The number of anilines is 1. The van der Waals surface area contributed by atoms with Crippen molar-refractivity contribution in [3.8, 4) is 11.8 Å². The quantitative estimate of drug-likeness (QED) is 0.649. The normalized spacial score (nSPS) is 12.2. The second-order valence-electron chi connectivity index (χ2n) is 7.10. The first-order chi connectivity index (χ1) is 11.2. The second kappa shape index (κ2) is 6.89. The van der Waals surface area contributed by atoms with Crippen LogP contribution in [0.4, 0.5) is 5.82 Å². The van der Waals surface area contributed by atoms with Crippen LogP contribution in [0, 0.1) is 11.8 Å². The highest BCUT2D eigenvalue weighted by Crippen LogP contribution is 2.37. The predicted octanol–water partition coefficient (Wildman–Crippen LogP) is 2.12. The van der Waals surface area contributed by atoms with Crippen LogP contribution in [0.25, 0.3) is 11.2 Å². The first-order valence-corrected chi connectivity index (χ1v) is 10.8. The van der Waals surface area contributed by atoms with E-state index in [9.17, 15) is 0 Å². The fraction of sp³-hybridized carbons (Fsp3) is 0.562. The molecule has 0 radical (unpaired) electrons. The summed E-state index contributed by atoms with van der Waals surface area (Å²) in [4.78, 5) is 12.7. The van der Waals surface area contributed by atoms with Crippen LogP contribution in [0.15, 0.2) is 6.33 Å². The van der Waals surface area contributed by atoms with E-state index in [2.05, 4.69) is 60.7 Å². The van der Waals surface area contributed by atoms with E-state index in [0.29, 0.717) is 36.0 Å². The number of aliphatic hydroxyl groups is 1. The van der Waals surface area contributed by atoms with Crippen LogP contribution in [-0.2, 0) is 11.2 Å². The fourth-order valence-corrected chi connectivity index (χ4v) is 2.70. The van der Waals surface area contributed by atoms with Crippen LogP contribution >= 0.6 is 0 Å². The van der Waals surface area contributed by atoms with Crippen molar-refractivity contribution in [2.75, 3.05) is 12.3 Å². The number of nitrogens with zero attached hydrogens (tertiary/aromatic N) is 4. The van der Waals surface area contributed by atoms with Crippen LogP contribution in [0.5, 0.6) is 0 Å². The molecule has 0 bridgehead atoms. The summed E-state index contributed by atoms with van der Waals surface area (Å²) in [5.41, 5.74) is 7.02. The predicted molar refractivity (Wildman–Crippen MR) is 96.6 cm³/mol. The lowest BCUT2D eigenvalue weighted by atomic mass is 10.2. The third kappa shape index (κ3) is 3.75. The molecule has 0 saturated carbocycles. The summed E-state index contributed by atoms with van der Waals surface area (Å²) in [6, 6.07) is 0. The number of aromatic nitrogens is 4. The molecule has 2 aromatic rings. The molecule has 0 fully saturated rings. The zero-order valence-electron chi connectivity index (χ0n) is 14.9. The summed E-state index contributed by atoms with van der Waals surface area (Å²) in [7, 11) is -1.93. The van der Waals surface area contributed by atoms with Gasteiger partial charge in [-0.2, -0.15) is 0 Å². The van der Waals surface area contributed by atoms with E-state index in [4.69, 9.17) is 15.3 Å². The van der Waals surface area contributed by atoms with Gasteiger partial charge in [-0.15, -0.1) is 0 Å². The number of rotatable bonds is 4. The Morgan fingerprint density at radius 3 is 2.67 bits per heavy atom. The van der Waals surface area contributed by atoms with Gasteiger partial charge in [0, 0.05) is 6.42 Å². The Hall–Kier alpha value is -1.95. The molecule has 2 aromatic heterocycles. The van der Waals surface area contributed by atoms with Gasteiger partial charge < -0.3 is 15.3 Å². The molecule has 130 valence electrons. The summed E-state index contributed by atoms with van der Waals surface area (Å²) in [6.07, 6.45) is 1.79. The zero-order valence-corrected chi connectivity index (χ0v) is 15.9. The molecule has 0 aliphatic rings. The van der Waals surface area contributed by atoms with Gasteiger partial charge in [0.1, 0.15) is 13.1 Å². The van der Waals surface area contributed by atoms with Crippen molar-refractivity contribution in [3.63, 3.8) is 0 Å². The average molecular weight is 347 g/mol. The van der Waals surface area contributed by atoms with Crippen molar-refractivity contribution < 1.29 is 9.53 Å². The lowest BCUT2D eigenvalue weighted by Gasteiger charge is -2.36. The molecule has 24 heavy (non-hydrogen) atoms. The molecule has 0 saturated heterocycles. The number of imidazole rings is 1. The monoisotopic (exact) mass is 347 g/mol. The fourth-order valence-electron chi connectivity index (χ4n) is 1.81. The average Bonchev–Trinajstić information content (AvgIpc) is 2.84. The molecule has 0 atom stereocenters. The van der Waals surface area contributed by atoms with Gasteiger partial charge in [-0.05, 0) is 24.1 Å². The Balaban J connectivity index is 2.42. The number of nitrogen functional groups attached to an aromatic ring is 1. The topological polar surface area (TPSA) is 99.1 Å². The second-order valence-corrected chi connectivity index (χ2v) is 11.9. The molecule has 8 heteroatoms. The molecule has 0 amide bonds. The highest BCUT2D eigenvalue weighted by molar-refractivity contribution is 6.74. The summed E-state index contributed by atoms with van der Waals surface area (Å²) >= 11 is 0. The highest BCUT2D eigenvalue weighted by Gasteiger charge is 2.37. The largest absolute Gasteiger partial charge is 0.399 e. The van der Waals surface area contributed by atoms with Crippen molar-refractivity contribution in [3.05, 3.63) is 12.2 Å². The Kier molecular flexibility index (Phi) is 5.28. The third-order valence-electron chi connectivity index (χ3n) is 4.36. The maximum absolute atomic E-state index is 8.91. The van der Waals surface area contributed by atoms with E-state index in [1.54, 1.807) is 0 Å². The van der Waals surface area contributed by atoms with Crippen LogP contribution in [0.2, 0.25) is 18.1 Å². The minimum Gasteiger partial charge on any atom is -0.399 e. The molecule has 3 N–H and O–H groups in total. The van der Waals surface area contributed by atoms with E-state index in [0.717, 1.165) is 0 Å². The third-order valence-corrected chi connectivity index (χ3v) is 8.82. The van der Waals surface area contributed by atoms with Crippen molar-refractivity contribution in [2.45, 2.75) is 52.1 Å². The van der Waals surface area contributed by atoms with Gasteiger partial charge in [0.05, 0.1) is 6.61 Å². The maximum atomic E-state index is 8.91. The van der Waals surface area contributed by atoms with Gasteiger partial charge in [-0.25, -0.2) is 15.0 Å². The standard InChI is InChI=1S/C16H25N5O2Si/c1-16(2,3)24(4,5)23-11-21-12(8-6-7-9-22)20-13-14(17)18-10-19-15(13)21/h10,22H,7,9,11H2,1-5H3,(H2,17,18,19). The minimum absolute atomic E-state index is 0.00957.